The van der Waals surface area contributed by atoms with Gasteiger partial charge in [-0.25, -0.2) is 0 Å². The third-order valence-electron chi connectivity index (χ3n) is 6.30. The minimum absolute atomic E-state index is 0.0908. The van der Waals surface area contributed by atoms with Crippen molar-refractivity contribution in [2.24, 2.45) is 5.92 Å². The quantitative estimate of drug-likeness (QED) is 0.580. The van der Waals surface area contributed by atoms with E-state index in [-0.39, 0.29) is 30.1 Å². The van der Waals surface area contributed by atoms with Gasteiger partial charge in [-0.1, -0.05) is 29.3 Å². The molecule has 4 rings (SSSR count). The Morgan fingerprint density at radius 1 is 1.30 bits per heavy atom. The Morgan fingerprint density at radius 2 is 2.03 bits per heavy atom. The van der Waals surface area contributed by atoms with Gasteiger partial charge in [-0.05, 0) is 37.1 Å². The average Bonchev–Trinajstić information content (AvgIpc) is 3.41. The fourth-order valence-electron chi connectivity index (χ4n) is 4.31. The highest BCUT2D eigenvalue weighted by atomic mass is 35.5. The number of hydrogen-bond acceptors (Lipinski definition) is 4. The Kier molecular flexibility index (Phi) is 6.30. The molecular weight excluding hydrogens is 480 g/mol. The number of alkyl halides is 3. The molecule has 2 unspecified atom stereocenters. The van der Waals surface area contributed by atoms with E-state index in [4.69, 9.17) is 27.9 Å². The summed E-state index contributed by atoms with van der Waals surface area (Å²) < 4.78 is 45.5. The molecule has 1 saturated heterocycles. The minimum Gasteiger partial charge on any atom is -0.495 e. The first-order valence-corrected chi connectivity index (χ1v) is 11.1. The van der Waals surface area contributed by atoms with Crippen LogP contribution in [-0.2, 0) is 17.5 Å². The summed E-state index contributed by atoms with van der Waals surface area (Å²) in [7, 11) is 1.58. The van der Waals surface area contributed by atoms with Crippen molar-refractivity contribution in [1.29, 1.82) is 0 Å². The van der Waals surface area contributed by atoms with Crippen LogP contribution in [0.5, 0.6) is 5.75 Å². The Bertz CT molecular complexity index is 1120. The number of methoxy groups -OCH3 is 1. The van der Waals surface area contributed by atoms with Crippen LogP contribution in [0.2, 0.25) is 10.0 Å². The molecule has 0 bridgehead atoms. The third-order valence-corrected chi connectivity index (χ3v) is 7.06. The van der Waals surface area contributed by atoms with Crippen molar-refractivity contribution in [3.63, 3.8) is 0 Å². The van der Waals surface area contributed by atoms with Gasteiger partial charge in [0.1, 0.15) is 12.3 Å². The Morgan fingerprint density at radius 3 is 2.64 bits per heavy atom. The molecule has 178 valence electrons. The number of hydrogen-bond donors (Lipinski definition) is 0. The van der Waals surface area contributed by atoms with Crippen molar-refractivity contribution < 1.29 is 22.7 Å². The minimum atomic E-state index is -4.67. The van der Waals surface area contributed by atoms with E-state index in [0.29, 0.717) is 23.9 Å². The molecule has 1 aromatic carbocycles. The summed E-state index contributed by atoms with van der Waals surface area (Å²) in [5.41, 5.74) is 1.14. The zero-order valence-electron chi connectivity index (χ0n) is 18.3. The number of carbonyl (C=O) groups is 1. The number of nitrogens with zero attached hydrogens (tertiary/aromatic N) is 4. The summed E-state index contributed by atoms with van der Waals surface area (Å²) in [5.74, 6) is 0.509. The zero-order valence-corrected chi connectivity index (χ0v) is 19.8. The van der Waals surface area contributed by atoms with Crippen LogP contribution < -0.4 is 4.74 Å². The lowest BCUT2D eigenvalue weighted by Gasteiger charge is -2.27. The van der Waals surface area contributed by atoms with E-state index in [2.05, 4.69) is 23.1 Å². The van der Waals surface area contributed by atoms with Crippen LogP contribution in [0.1, 0.15) is 29.9 Å². The molecule has 0 radical (unpaired) electrons. The molecule has 3 heterocycles. The second-order valence-corrected chi connectivity index (χ2v) is 9.13. The van der Waals surface area contributed by atoms with Gasteiger partial charge >= 0.3 is 6.18 Å². The normalized spacial score (nSPS) is 19.0. The number of halogens is 5. The van der Waals surface area contributed by atoms with Crippen molar-refractivity contribution in [2.75, 3.05) is 26.7 Å². The van der Waals surface area contributed by atoms with E-state index in [9.17, 15) is 18.0 Å². The number of benzene rings is 1. The number of rotatable bonds is 5. The Hall–Kier alpha value is -2.39. The first-order valence-electron chi connectivity index (χ1n) is 10.4. The van der Waals surface area contributed by atoms with Crippen molar-refractivity contribution >= 4 is 29.1 Å². The molecule has 1 fully saturated rings. The number of fused-ring (bicyclic) bond motifs is 1. The summed E-state index contributed by atoms with van der Waals surface area (Å²) in [6.45, 7) is 4.92. The van der Waals surface area contributed by atoms with Crippen LogP contribution in [0.25, 0.3) is 0 Å². The topological polar surface area (TPSA) is 50.6 Å². The molecule has 11 heteroatoms. The predicted molar refractivity (Wildman–Crippen MR) is 118 cm³/mol. The molecule has 0 aliphatic carbocycles. The van der Waals surface area contributed by atoms with Crippen LogP contribution in [-0.4, -0.2) is 52.2 Å². The number of likely N-dealkylation sites (tertiary alicyclic amines) is 1. The summed E-state index contributed by atoms with van der Waals surface area (Å²) in [6.07, 6.45) is -2.60. The van der Waals surface area contributed by atoms with Crippen LogP contribution in [0.4, 0.5) is 13.2 Å². The van der Waals surface area contributed by atoms with E-state index in [1.807, 2.05) is 18.2 Å². The van der Waals surface area contributed by atoms with E-state index >= 15 is 0 Å². The van der Waals surface area contributed by atoms with Gasteiger partial charge in [0, 0.05) is 31.8 Å². The monoisotopic (exact) mass is 502 g/mol. The lowest BCUT2D eigenvalue weighted by molar-refractivity contribution is -0.142. The molecule has 33 heavy (non-hydrogen) atoms. The number of ether oxygens (including phenoxy) is 1. The van der Waals surface area contributed by atoms with Gasteiger partial charge in [0.25, 0.3) is 0 Å². The highest BCUT2D eigenvalue weighted by Gasteiger charge is 2.40. The van der Waals surface area contributed by atoms with Crippen molar-refractivity contribution in [1.82, 2.24) is 19.6 Å². The molecule has 2 aliphatic heterocycles. The largest absolute Gasteiger partial charge is 0.495 e. The van der Waals surface area contributed by atoms with Crippen molar-refractivity contribution in [3.8, 4) is 5.75 Å². The summed E-state index contributed by atoms with van der Waals surface area (Å²) in [4.78, 5) is 16.7. The molecule has 1 amide bonds. The molecule has 1 aromatic heterocycles. The summed E-state index contributed by atoms with van der Waals surface area (Å²) in [5, 5.41) is 3.60. The van der Waals surface area contributed by atoms with Crippen LogP contribution >= 0.6 is 23.2 Å². The maximum Gasteiger partial charge on any atom is 0.436 e. The van der Waals surface area contributed by atoms with Gasteiger partial charge in [0.05, 0.1) is 28.9 Å². The Labute approximate surface area is 199 Å². The number of aromatic nitrogens is 2. The van der Waals surface area contributed by atoms with Crippen molar-refractivity contribution in [3.05, 3.63) is 57.0 Å². The lowest BCUT2D eigenvalue weighted by atomic mass is 10.1. The van der Waals surface area contributed by atoms with E-state index < -0.39 is 16.9 Å². The average molecular weight is 503 g/mol. The first kappa shape index (κ1) is 23.8. The predicted octanol–water partition coefficient (Wildman–Crippen LogP) is 4.94. The first-order chi connectivity index (χ1) is 15.5. The fraction of sp³-hybridized carbons (Fsp3) is 0.455. The summed E-state index contributed by atoms with van der Waals surface area (Å²) in [6, 6.07) is 5.78. The maximum atomic E-state index is 13.0. The van der Waals surface area contributed by atoms with Crippen molar-refractivity contribution in [2.45, 2.75) is 32.6 Å². The molecule has 6 nitrogen and oxygen atoms in total. The highest BCUT2D eigenvalue weighted by Crippen LogP contribution is 2.37. The van der Waals surface area contributed by atoms with Crippen LogP contribution in [0.15, 0.2) is 30.0 Å². The smallest absolute Gasteiger partial charge is 0.436 e. The number of amides is 1. The second kappa shape index (κ2) is 8.76. The van der Waals surface area contributed by atoms with Gasteiger partial charge in [-0.3, -0.25) is 9.48 Å². The van der Waals surface area contributed by atoms with Gasteiger partial charge in [0.2, 0.25) is 5.91 Å². The molecule has 0 spiro atoms. The SMILES string of the molecule is COc1cc(C(C)N2C=C3CN(C(=O)Cn4nc(C(F)(F)F)c(Cl)c4C)CC3C2)ccc1Cl. The van der Waals surface area contributed by atoms with Gasteiger partial charge < -0.3 is 14.5 Å². The standard InChI is InChI=1S/C22H23Cl2F3N4O2/c1-12(14-4-5-17(23)18(6-14)33-3)29-7-15-9-30(10-16(15)8-29)19(32)11-31-13(2)20(24)21(28-31)22(25,26)27/h4-7,12,16H,8-11H2,1-3H3. The van der Waals surface area contributed by atoms with E-state index in [0.717, 1.165) is 22.4 Å². The van der Waals surface area contributed by atoms with Crippen LogP contribution in [0, 0.1) is 12.8 Å². The van der Waals surface area contributed by atoms with Gasteiger partial charge in [-0.15, -0.1) is 0 Å². The fourth-order valence-corrected chi connectivity index (χ4v) is 4.75. The molecular formula is C22H23Cl2F3N4O2. The maximum absolute atomic E-state index is 13.0. The van der Waals surface area contributed by atoms with Gasteiger partial charge in [-0.2, -0.15) is 18.3 Å². The highest BCUT2D eigenvalue weighted by molar-refractivity contribution is 6.32. The molecule has 0 saturated carbocycles. The Balaban J connectivity index is 1.42. The lowest BCUT2D eigenvalue weighted by Crippen LogP contribution is -2.34. The van der Waals surface area contributed by atoms with Crippen LogP contribution in [0.3, 0.4) is 0 Å². The number of carbonyl (C=O) groups excluding carboxylic acids is 1. The molecule has 2 atom stereocenters. The second-order valence-electron chi connectivity index (χ2n) is 8.35. The van der Waals surface area contributed by atoms with E-state index in [1.165, 1.54) is 6.92 Å². The third kappa shape index (κ3) is 4.53. The van der Waals surface area contributed by atoms with E-state index in [1.54, 1.807) is 12.0 Å². The molecule has 0 N–H and O–H groups in total. The van der Waals surface area contributed by atoms with Gasteiger partial charge in [0.15, 0.2) is 5.69 Å². The summed E-state index contributed by atoms with van der Waals surface area (Å²) >= 11 is 11.9. The molecule has 2 aliphatic rings. The molecule has 2 aromatic rings. The zero-order chi connectivity index (χ0) is 24.1.